The molecule has 3 heterocycles. The van der Waals surface area contributed by atoms with E-state index in [1.807, 2.05) is 12.1 Å². The smallest absolute Gasteiger partial charge is 0.194 e. The number of piperazine rings is 1. The third-order valence-electron chi connectivity index (χ3n) is 5.41. The fraction of sp³-hybridized carbons (Fsp3) is 0.550. The molecule has 29 heavy (non-hydrogen) atoms. The van der Waals surface area contributed by atoms with Gasteiger partial charge in [0.1, 0.15) is 18.2 Å². The maximum Gasteiger partial charge on any atom is 0.194 e. The maximum absolute atomic E-state index is 14.1. The van der Waals surface area contributed by atoms with E-state index in [1.54, 1.807) is 6.07 Å². The van der Waals surface area contributed by atoms with Crippen molar-refractivity contribution in [2.24, 2.45) is 4.99 Å². The number of guanidine groups is 1. The minimum absolute atomic E-state index is 0. The van der Waals surface area contributed by atoms with Crippen LogP contribution in [-0.2, 0) is 19.5 Å². The van der Waals surface area contributed by atoms with Gasteiger partial charge >= 0.3 is 0 Å². The Morgan fingerprint density at radius 3 is 2.66 bits per heavy atom. The summed E-state index contributed by atoms with van der Waals surface area (Å²) in [6.45, 7) is 7.55. The normalized spacial score (nSPS) is 17.0. The van der Waals surface area contributed by atoms with Gasteiger partial charge in [0.2, 0.25) is 0 Å². The quantitative estimate of drug-likeness (QED) is 0.387. The standard InChI is InChI=1S/C20H28FN7.HI/c1-2-22-20(23-15-19-25-24-18-9-5-6-10-28(18)19)27-13-11-26(12-14-27)17-8-4-3-7-16(17)21;/h3-4,7-8H,2,5-6,9-15H2,1H3,(H,22,23);1H. The number of anilines is 1. The first-order valence-corrected chi connectivity index (χ1v) is 10.2. The van der Waals surface area contributed by atoms with Crippen LogP contribution in [0.5, 0.6) is 0 Å². The van der Waals surface area contributed by atoms with Crippen molar-refractivity contribution in [3.8, 4) is 0 Å². The van der Waals surface area contributed by atoms with Gasteiger partial charge in [0.15, 0.2) is 11.8 Å². The fourth-order valence-electron chi connectivity index (χ4n) is 3.92. The van der Waals surface area contributed by atoms with Gasteiger partial charge in [0.05, 0.1) is 5.69 Å². The number of aryl methyl sites for hydroxylation is 1. The molecule has 4 rings (SSSR count). The number of benzene rings is 1. The minimum Gasteiger partial charge on any atom is -0.366 e. The van der Waals surface area contributed by atoms with Gasteiger partial charge in [-0.3, -0.25) is 0 Å². The van der Waals surface area contributed by atoms with Gasteiger partial charge in [-0.25, -0.2) is 9.38 Å². The molecule has 0 radical (unpaired) electrons. The van der Waals surface area contributed by atoms with Crippen LogP contribution in [0.4, 0.5) is 10.1 Å². The zero-order chi connectivity index (χ0) is 19.3. The third kappa shape index (κ3) is 4.99. The SMILES string of the molecule is CCNC(=NCc1nnc2n1CCCC2)N1CCN(c2ccccc2F)CC1.I. The molecule has 0 atom stereocenters. The van der Waals surface area contributed by atoms with Gasteiger partial charge in [0.25, 0.3) is 0 Å². The zero-order valence-electron chi connectivity index (χ0n) is 16.8. The molecule has 1 fully saturated rings. The second-order valence-corrected chi connectivity index (χ2v) is 7.24. The van der Waals surface area contributed by atoms with Crippen LogP contribution in [-0.4, -0.2) is 58.3 Å². The number of aliphatic imine (C=N–C) groups is 1. The highest BCUT2D eigenvalue weighted by molar-refractivity contribution is 14.0. The van der Waals surface area contributed by atoms with Crippen molar-refractivity contribution < 1.29 is 4.39 Å². The van der Waals surface area contributed by atoms with E-state index in [1.165, 1.54) is 18.9 Å². The Bertz CT molecular complexity index is 830. The highest BCUT2D eigenvalue weighted by atomic mass is 127. The third-order valence-corrected chi connectivity index (χ3v) is 5.41. The number of rotatable bonds is 4. The van der Waals surface area contributed by atoms with E-state index in [0.717, 1.165) is 63.3 Å². The molecule has 9 heteroatoms. The second-order valence-electron chi connectivity index (χ2n) is 7.24. The summed E-state index contributed by atoms with van der Waals surface area (Å²) in [5, 5.41) is 12.0. The molecular weight excluding hydrogens is 484 g/mol. The van der Waals surface area contributed by atoms with Crippen LogP contribution in [0, 0.1) is 5.82 Å². The molecule has 2 aliphatic heterocycles. The number of nitrogens with one attached hydrogen (secondary N) is 1. The van der Waals surface area contributed by atoms with Gasteiger partial charge in [-0.1, -0.05) is 12.1 Å². The van der Waals surface area contributed by atoms with Gasteiger partial charge in [-0.05, 0) is 31.9 Å². The Morgan fingerprint density at radius 1 is 1.10 bits per heavy atom. The highest BCUT2D eigenvalue weighted by Gasteiger charge is 2.22. The lowest BCUT2D eigenvalue weighted by Gasteiger charge is -2.37. The molecule has 158 valence electrons. The second kappa shape index (κ2) is 10.2. The van der Waals surface area contributed by atoms with E-state index in [0.29, 0.717) is 12.2 Å². The number of halogens is 2. The van der Waals surface area contributed by atoms with E-state index in [2.05, 4.69) is 36.8 Å². The molecule has 2 aliphatic rings. The summed E-state index contributed by atoms with van der Waals surface area (Å²) < 4.78 is 16.3. The molecule has 0 aliphatic carbocycles. The van der Waals surface area contributed by atoms with Gasteiger partial charge in [-0.15, -0.1) is 34.2 Å². The molecule has 1 aromatic carbocycles. The van der Waals surface area contributed by atoms with Crippen LogP contribution in [0.2, 0.25) is 0 Å². The molecular formula is C20H29FIN7. The molecule has 0 saturated carbocycles. The zero-order valence-corrected chi connectivity index (χ0v) is 19.2. The van der Waals surface area contributed by atoms with Crippen LogP contribution < -0.4 is 10.2 Å². The molecule has 2 aromatic rings. The lowest BCUT2D eigenvalue weighted by Crippen LogP contribution is -2.52. The first-order valence-electron chi connectivity index (χ1n) is 10.2. The number of hydrogen-bond donors (Lipinski definition) is 1. The summed E-state index contributed by atoms with van der Waals surface area (Å²) in [5.41, 5.74) is 0.680. The van der Waals surface area contributed by atoms with Crippen molar-refractivity contribution in [2.45, 2.75) is 39.3 Å². The van der Waals surface area contributed by atoms with Crippen LogP contribution >= 0.6 is 24.0 Å². The van der Waals surface area contributed by atoms with E-state index in [-0.39, 0.29) is 29.8 Å². The molecule has 0 bridgehead atoms. The highest BCUT2D eigenvalue weighted by Crippen LogP contribution is 2.20. The maximum atomic E-state index is 14.1. The lowest BCUT2D eigenvalue weighted by atomic mass is 10.2. The van der Waals surface area contributed by atoms with E-state index in [9.17, 15) is 4.39 Å². The average Bonchev–Trinajstić information content (AvgIpc) is 3.15. The van der Waals surface area contributed by atoms with Crippen molar-refractivity contribution >= 4 is 35.6 Å². The number of nitrogens with zero attached hydrogens (tertiary/aromatic N) is 6. The largest absolute Gasteiger partial charge is 0.366 e. The Labute approximate surface area is 188 Å². The van der Waals surface area contributed by atoms with E-state index < -0.39 is 0 Å². The number of hydrogen-bond acceptors (Lipinski definition) is 4. The Balaban J connectivity index is 0.00000240. The van der Waals surface area contributed by atoms with Crippen molar-refractivity contribution in [3.05, 3.63) is 41.7 Å². The summed E-state index contributed by atoms with van der Waals surface area (Å²) in [4.78, 5) is 9.16. The van der Waals surface area contributed by atoms with Gasteiger partial charge in [0, 0.05) is 45.7 Å². The molecule has 0 spiro atoms. The summed E-state index contributed by atoms with van der Waals surface area (Å²) in [6, 6.07) is 6.98. The van der Waals surface area contributed by atoms with Crippen molar-refractivity contribution in [3.63, 3.8) is 0 Å². The molecule has 1 saturated heterocycles. The number of fused-ring (bicyclic) bond motifs is 1. The lowest BCUT2D eigenvalue weighted by molar-refractivity contribution is 0.370. The number of para-hydroxylation sites is 1. The summed E-state index contributed by atoms with van der Waals surface area (Å²) >= 11 is 0. The van der Waals surface area contributed by atoms with E-state index >= 15 is 0 Å². The monoisotopic (exact) mass is 513 g/mol. The molecule has 1 aromatic heterocycles. The van der Waals surface area contributed by atoms with Gasteiger partial charge in [-0.2, -0.15) is 0 Å². The predicted octanol–water partition coefficient (Wildman–Crippen LogP) is 2.66. The van der Waals surface area contributed by atoms with E-state index in [4.69, 9.17) is 4.99 Å². The van der Waals surface area contributed by atoms with Crippen molar-refractivity contribution in [2.75, 3.05) is 37.6 Å². The van der Waals surface area contributed by atoms with Crippen molar-refractivity contribution in [1.29, 1.82) is 0 Å². The van der Waals surface area contributed by atoms with Crippen molar-refractivity contribution in [1.82, 2.24) is 25.0 Å². The predicted molar refractivity (Wildman–Crippen MR) is 123 cm³/mol. The molecule has 7 nitrogen and oxygen atoms in total. The van der Waals surface area contributed by atoms with Crippen LogP contribution in [0.15, 0.2) is 29.3 Å². The summed E-state index contributed by atoms with van der Waals surface area (Å²) in [6.07, 6.45) is 3.38. The number of aromatic nitrogens is 3. The fourth-order valence-corrected chi connectivity index (χ4v) is 3.92. The topological polar surface area (TPSA) is 61.6 Å². The van der Waals surface area contributed by atoms with Crippen LogP contribution in [0.25, 0.3) is 0 Å². The Morgan fingerprint density at radius 2 is 1.90 bits per heavy atom. The minimum atomic E-state index is -0.159. The molecule has 0 amide bonds. The van der Waals surface area contributed by atoms with Crippen LogP contribution in [0.3, 0.4) is 0 Å². The Hall–Kier alpha value is -1.91. The van der Waals surface area contributed by atoms with Crippen LogP contribution in [0.1, 0.15) is 31.4 Å². The Kier molecular flexibility index (Phi) is 7.68. The van der Waals surface area contributed by atoms with Gasteiger partial charge < -0.3 is 19.7 Å². The summed E-state index contributed by atoms with van der Waals surface area (Å²) in [5.74, 6) is 2.76. The molecule has 1 N–H and O–H groups in total. The molecule has 0 unspecified atom stereocenters. The first kappa shape index (κ1) is 21.8. The first-order chi connectivity index (χ1) is 13.8. The average molecular weight is 513 g/mol. The summed E-state index contributed by atoms with van der Waals surface area (Å²) in [7, 11) is 0.